The van der Waals surface area contributed by atoms with Crippen molar-refractivity contribution in [1.82, 2.24) is 4.98 Å². The second-order valence-corrected chi connectivity index (χ2v) is 10.7. The molecule has 0 aliphatic rings. The van der Waals surface area contributed by atoms with Crippen molar-refractivity contribution >= 4 is 44.6 Å². The van der Waals surface area contributed by atoms with Gasteiger partial charge in [0.25, 0.3) is 0 Å². The monoisotopic (exact) mass is 517 g/mol. The van der Waals surface area contributed by atoms with Crippen LogP contribution in [0.25, 0.3) is 0 Å². The molecule has 0 saturated carbocycles. The SMILES string of the molecule is CC(C)(c1ccc(OCc2ocnc2S(C)(=O)=O)cc1)c1cc(Cl)c(OCCCl)c(Cl)c1. The van der Waals surface area contributed by atoms with Crippen LogP contribution in [-0.4, -0.2) is 32.1 Å². The normalized spacial score (nSPS) is 12.1. The number of nitrogens with zero attached hydrogens (tertiary/aromatic N) is 1. The lowest BCUT2D eigenvalue weighted by Gasteiger charge is -2.27. The van der Waals surface area contributed by atoms with Crippen molar-refractivity contribution in [3.05, 3.63) is 69.7 Å². The zero-order valence-electron chi connectivity index (χ0n) is 17.7. The van der Waals surface area contributed by atoms with Crippen molar-refractivity contribution < 1.29 is 22.3 Å². The van der Waals surface area contributed by atoms with E-state index in [1.165, 1.54) is 0 Å². The van der Waals surface area contributed by atoms with Crippen LogP contribution in [0.4, 0.5) is 0 Å². The van der Waals surface area contributed by atoms with Crippen molar-refractivity contribution in [2.24, 2.45) is 0 Å². The van der Waals surface area contributed by atoms with E-state index in [0.717, 1.165) is 23.8 Å². The molecule has 32 heavy (non-hydrogen) atoms. The fraction of sp³-hybridized carbons (Fsp3) is 0.318. The largest absolute Gasteiger partial charge is 0.489 e. The molecule has 0 saturated heterocycles. The highest BCUT2D eigenvalue weighted by Gasteiger charge is 2.26. The van der Waals surface area contributed by atoms with Gasteiger partial charge in [0.15, 0.2) is 32.8 Å². The number of oxazole rings is 1. The maximum absolute atomic E-state index is 11.7. The van der Waals surface area contributed by atoms with Gasteiger partial charge in [0.2, 0.25) is 0 Å². The minimum Gasteiger partial charge on any atom is -0.489 e. The van der Waals surface area contributed by atoms with Gasteiger partial charge in [-0.1, -0.05) is 49.2 Å². The Labute approximate surface area is 202 Å². The Kier molecular flexibility index (Phi) is 7.65. The van der Waals surface area contributed by atoms with Crippen molar-refractivity contribution in [3.8, 4) is 11.5 Å². The number of hydrogen-bond donors (Lipinski definition) is 0. The first-order valence-corrected chi connectivity index (χ1v) is 12.8. The summed E-state index contributed by atoms with van der Waals surface area (Å²) in [6, 6.07) is 11.1. The van der Waals surface area contributed by atoms with Crippen LogP contribution in [-0.2, 0) is 21.9 Å². The van der Waals surface area contributed by atoms with Crippen LogP contribution in [0.2, 0.25) is 10.0 Å². The molecule has 3 rings (SSSR count). The summed E-state index contributed by atoms with van der Waals surface area (Å²) in [6.07, 6.45) is 2.16. The maximum atomic E-state index is 11.7. The van der Waals surface area contributed by atoms with E-state index < -0.39 is 15.3 Å². The average molecular weight is 519 g/mol. The van der Waals surface area contributed by atoms with Crippen LogP contribution >= 0.6 is 34.8 Å². The molecular formula is C22H22Cl3NO5S. The molecule has 3 aromatic rings. The Hall–Kier alpha value is -1.93. The highest BCUT2D eigenvalue weighted by molar-refractivity contribution is 7.90. The highest BCUT2D eigenvalue weighted by atomic mass is 35.5. The van der Waals surface area contributed by atoms with Gasteiger partial charge in [0, 0.05) is 11.7 Å². The van der Waals surface area contributed by atoms with Gasteiger partial charge in [-0.3, -0.25) is 0 Å². The molecule has 0 atom stereocenters. The summed E-state index contributed by atoms with van der Waals surface area (Å²) >= 11 is 18.5. The second-order valence-electron chi connectivity index (χ2n) is 7.60. The molecule has 0 aliphatic carbocycles. The summed E-state index contributed by atoms with van der Waals surface area (Å²) in [5.41, 5.74) is 1.51. The summed E-state index contributed by atoms with van der Waals surface area (Å²) in [5.74, 6) is 1.46. The van der Waals surface area contributed by atoms with E-state index in [-0.39, 0.29) is 17.4 Å². The Bertz CT molecular complexity index is 1170. The van der Waals surface area contributed by atoms with E-state index in [1.807, 2.05) is 24.3 Å². The smallest absolute Gasteiger partial charge is 0.200 e. The number of hydrogen-bond acceptors (Lipinski definition) is 6. The van der Waals surface area contributed by atoms with Gasteiger partial charge in [-0.05, 0) is 35.4 Å². The Morgan fingerprint density at radius 2 is 1.66 bits per heavy atom. The Morgan fingerprint density at radius 1 is 1.03 bits per heavy atom. The maximum Gasteiger partial charge on any atom is 0.200 e. The van der Waals surface area contributed by atoms with Gasteiger partial charge in [-0.25, -0.2) is 13.4 Å². The first kappa shape index (κ1) is 24.7. The molecule has 0 fully saturated rings. The molecule has 2 aromatic carbocycles. The van der Waals surface area contributed by atoms with Gasteiger partial charge < -0.3 is 13.9 Å². The molecule has 0 N–H and O–H groups in total. The highest BCUT2D eigenvalue weighted by Crippen LogP contribution is 2.40. The van der Waals surface area contributed by atoms with Crippen molar-refractivity contribution in [1.29, 1.82) is 0 Å². The van der Waals surface area contributed by atoms with E-state index in [1.54, 1.807) is 12.1 Å². The van der Waals surface area contributed by atoms with Crippen molar-refractivity contribution in [3.63, 3.8) is 0 Å². The van der Waals surface area contributed by atoms with Crippen LogP contribution in [0.5, 0.6) is 11.5 Å². The Morgan fingerprint density at radius 3 is 2.22 bits per heavy atom. The summed E-state index contributed by atoms with van der Waals surface area (Å²) in [4.78, 5) is 3.74. The molecule has 10 heteroatoms. The lowest BCUT2D eigenvalue weighted by atomic mass is 9.78. The van der Waals surface area contributed by atoms with Gasteiger partial charge in [-0.2, -0.15) is 0 Å². The van der Waals surface area contributed by atoms with Crippen molar-refractivity contribution in [2.75, 3.05) is 18.7 Å². The van der Waals surface area contributed by atoms with E-state index in [2.05, 4.69) is 18.8 Å². The molecule has 0 bridgehead atoms. The number of aromatic nitrogens is 1. The zero-order valence-corrected chi connectivity index (χ0v) is 20.8. The number of benzene rings is 2. The van der Waals surface area contributed by atoms with Gasteiger partial charge in [-0.15, -0.1) is 11.6 Å². The predicted octanol–water partition coefficient (Wildman–Crippen LogP) is 5.91. The zero-order chi connectivity index (χ0) is 23.5. The van der Waals surface area contributed by atoms with Crippen LogP contribution < -0.4 is 9.47 Å². The lowest BCUT2D eigenvalue weighted by Crippen LogP contribution is -2.19. The van der Waals surface area contributed by atoms with Gasteiger partial charge in [0.05, 0.1) is 15.9 Å². The minimum absolute atomic E-state index is 0.0554. The van der Waals surface area contributed by atoms with Gasteiger partial charge >= 0.3 is 0 Å². The van der Waals surface area contributed by atoms with Crippen LogP contribution in [0.3, 0.4) is 0 Å². The third-order valence-corrected chi connectivity index (χ3v) is 6.70. The summed E-state index contributed by atoms with van der Waals surface area (Å²) in [6.45, 7) is 4.36. The molecule has 1 heterocycles. The third kappa shape index (κ3) is 5.52. The molecule has 0 spiro atoms. The molecule has 0 radical (unpaired) electrons. The average Bonchev–Trinajstić information content (AvgIpc) is 3.21. The minimum atomic E-state index is -3.49. The van der Waals surface area contributed by atoms with Crippen LogP contribution in [0.1, 0.15) is 30.7 Å². The number of sulfone groups is 1. The fourth-order valence-corrected chi connectivity index (χ4v) is 4.57. The third-order valence-electron chi connectivity index (χ3n) is 4.94. The number of alkyl halides is 1. The van der Waals surface area contributed by atoms with E-state index in [9.17, 15) is 8.42 Å². The first-order valence-electron chi connectivity index (χ1n) is 9.58. The number of rotatable bonds is 9. The molecule has 0 unspecified atom stereocenters. The summed E-state index contributed by atoms with van der Waals surface area (Å²) in [5, 5.41) is 0.709. The summed E-state index contributed by atoms with van der Waals surface area (Å²) in [7, 11) is -3.49. The molecule has 1 aromatic heterocycles. The molecule has 172 valence electrons. The lowest BCUT2D eigenvalue weighted by molar-refractivity contribution is 0.265. The van der Waals surface area contributed by atoms with Crippen LogP contribution in [0.15, 0.2) is 52.2 Å². The first-order chi connectivity index (χ1) is 15.0. The molecular weight excluding hydrogens is 497 g/mol. The molecule has 0 aliphatic heterocycles. The Balaban J connectivity index is 1.77. The van der Waals surface area contributed by atoms with E-state index in [4.69, 9.17) is 48.7 Å². The van der Waals surface area contributed by atoms with Crippen molar-refractivity contribution in [2.45, 2.75) is 30.9 Å². The second kappa shape index (κ2) is 9.91. The van der Waals surface area contributed by atoms with E-state index >= 15 is 0 Å². The quantitative estimate of drug-likeness (QED) is 0.328. The molecule has 6 nitrogen and oxygen atoms in total. The summed E-state index contributed by atoms with van der Waals surface area (Å²) < 4.78 is 39.8. The topological polar surface area (TPSA) is 78.6 Å². The predicted molar refractivity (Wildman–Crippen MR) is 125 cm³/mol. The standard InChI is InChI=1S/C22H22Cl3NO5S/c1-22(2,15-10-17(24)20(18(25)11-15)29-9-8-23)14-4-6-16(7-5-14)30-12-19-21(26-13-31-19)32(3,27)28/h4-7,10-11,13H,8-9,12H2,1-3H3. The fourth-order valence-electron chi connectivity index (χ4n) is 3.14. The molecule has 0 amide bonds. The van der Waals surface area contributed by atoms with Crippen LogP contribution in [0, 0.1) is 0 Å². The van der Waals surface area contributed by atoms with Gasteiger partial charge in [0.1, 0.15) is 19.0 Å². The number of halogens is 3. The number of ether oxygens (including phenoxy) is 2. The van der Waals surface area contributed by atoms with E-state index in [0.29, 0.717) is 34.0 Å².